The lowest BCUT2D eigenvalue weighted by atomic mass is 10.2. The van der Waals surface area contributed by atoms with Crippen LogP contribution < -0.4 is 5.32 Å². The Hall–Kier alpha value is -2.72. The highest BCUT2D eigenvalue weighted by Gasteiger charge is 2.07. The van der Waals surface area contributed by atoms with Crippen LogP contribution >= 0.6 is 11.6 Å². The zero-order valence-electron chi connectivity index (χ0n) is 12.2. The van der Waals surface area contributed by atoms with Crippen molar-refractivity contribution in [1.29, 1.82) is 0 Å². The summed E-state index contributed by atoms with van der Waals surface area (Å²) in [5.41, 5.74) is 4.03. The highest BCUT2D eigenvalue weighted by molar-refractivity contribution is 6.30. The molecule has 0 radical (unpaired) electrons. The Morgan fingerprint density at radius 3 is 2.87 bits per heavy atom. The van der Waals surface area contributed by atoms with E-state index in [1.807, 2.05) is 54.6 Å². The van der Waals surface area contributed by atoms with Gasteiger partial charge in [0.25, 0.3) is 0 Å². The lowest BCUT2D eigenvalue weighted by molar-refractivity contribution is 0.578. The van der Waals surface area contributed by atoms with Gasteiger partial charge in [-0.2, -0.15) is 0 Å². The number of H-pyrrole nitrogens is 1. The molecule has 2 aromatic carbocycles. The Morgan fingerprint density at radius 2 is 2.04 bits per heavy atom. The predicted molar refractivity (Wildman–Crippen MR) is 92.6 cm³/mol. The number of aromatic nitrogens is 2. The molecule has 0 spiro atoms. The van der Waals surface area contributed by atoms with Crippen LogP contribution in [0.2, 0.25) is 5.02 Å². The molecule has 23 heavy (non-hydrogen) atoms. The highest BCUT2D eigenvalue weighted by Crippen LogP contribution is 2.23. The Morgan fingerprint density at radius 1 is 1.09 bits per heavy atom. The maximum atomic E-state index is 6.01. The first-order valence-electron chi connectivity index (χ1n) is 7.30. The molecular weight excluding hydrogens is 310 g/mol. The smallest absolute Gasteiger partial charge is 0.174 e. The molecule has 0 amide bonds. The third-order valence-corrected chi connectivity index (χ3v) is 3.86. The number of hydrogen-bond donors (Lipinski definition) is 2. The largest absolute Gasteiger partial charge is 0.461 e. The number of rotatable bonds is 4. The Balaban J connectivity index is 1.56. The molecule has 0 bridgehead atoms. The summed E-state index contributed by atoms with van der Waals surface area (Å²) in [7, 11) is 0. The van der Waals surface area contributed by atoms with Crippen LogP contribution in [0.1, 0.15) is 5.56 Å². The Bertz CT molecular complexity index is 944. The number of hydrogen-bond acceptors (Lipinski definition) is 3. The number of nitrogens with zero attached hydrogens (tertiary/aromatic N) is 1. The summed E-state index contributed by atoms with van der Waals surface area (Å²) < 4.78 is 5.37. The number of aromatic amines is 1. The van der Waals surface area contributed by atoms with Crippen molar-refractivity contribution >= 4 is 28.3 Å². The van der Waals surface area contributed by atoms with Gasteiger partial charge in [-0.05, 0) is 48.0 Å². The molecule has 0 aliphatic carbocycles. The molecule has 4 aromatic rings. The van der Waals surface area contributed by atoms with Crippen LogP contribution in [0.4, 0.5) is 5.69 Å². The first-order chi connectivity index (χ1) is 11.3. The lowest BCUT2D eigenvalue weighted by Gasteiger charge is -2.06. The minimum absolute atomic E-state index is 0.714. The van der Waals surface area contributed by atoms with Crippen LogP contribution in [0.25, 0.3) is 22.6 Å². The quantitative estimate of drug-likeness (QED) is 0.550. The molecule has 4 nitrogen and oxygen atoms in total. The maximum Gasteiger partial charge on any atom is 0.174 e. The molecule has 4 rings (SSSR count). The lowest BCUT2D eigenvalue weighted by Crippen LogP contribution is -1.98. The minimum Gasteiger partial charge on any atom is -0.461 e. The van der Waals surface area contributed by atoms with Crippen LogP contribution in [0.3, 0.4) is 0 Å². The van der Waals surface area contributed by atoms with Crippen LogP contribution in [-0.2, 0) is 6.54 Å². The molecule has 0 atom stereocenters. The van der Waals surface area contributed by atoms with E-state index in [0.717, 1.165) is 38.9 Å². The van der Waals surface area contributed by atoms with Gasteiger partial charge in [0, 0.05) is 17.3 Å². The summed E-state index contributed by atoms with van der Waals surface area (Å²) in [6.07, 6.45) is 1.64. The van der Waals surface area contributed by atoms with Crippen LogP contribution in [0.15, 0.2) is 65.3 Å². The molecule has 0 saturated carbocycles. The molecule has 5 heteroatoms. The Labute approximate surface area is 138 Å². The molecule has 0 fully saturated rings. The van der Waals surface area contributed by atoms with Crippen molar-refractivity contribution < 1.29 is 4.42 Å². The van der Waals surface area contributed by atoms with Crippen molar-refractivity contribution in [3.05, 3.63) is 71.4 Å². The van der Waals surface area contributed by atoms with E-state index in [1.165, 1.54) is 0 Å². The molecule has 0 unspecified atom stereocenters. The van der Waals surface area contributed by atoms with Gasteiger partial charge in [0.1, 0.15) is 0 Å². The summed E-state index contributed by atoms with van der Waals surface area (Å²) in [4.78, 5) is 7.81. The minimum atomic E-state index is 0.714. The average Bonchev–Trinajstić information content (AvgIpc) is 3.21. The van der Waals surface area contributed by atoms with Gasteiger partial charge in [-0.25, -0.2) is 4.98 Å². The molecule has 2 aromatic heterocycles. The van der Waals surface area contributed by atoms with Gasteiger partial charge in [-0.1, -0.05) is 23.7 Å². The van der Waals surface area contributed by atoms with E-state index in [4.69, 9.17) is 16.0 Å². The van der Waals surface area contributed by atoms with Gasteiger partial charge in [0.05, 0.1) is 17.3 Å². The molecular formula is C18H14ClN3O. The van der Waals surface area contributed by atoms with Crippen molar-refractivity contribution in [3.8, 4) is 11.6 Å². The van der Waals surface area contributed by atoms with Crippen molar-refractivity contribution in [2.45, 2.75) is 6.54 Å². The SMILES string of the molecule is Clc1cccc(CNc2ccc3nc(-c4ccco4)[nH]c3c2)c1. The van der Waals surface area contributed by atoms with Gasteiger partial charge in [0.2, 0.25) is 0 Å². The van der Waals surface area contributed by atoms with E-state index in [9.17, 15) is 0 Å². The summed E-state index contributed by atoms with van der Waals surface area (Å²) in [5.74, 6) is 1.46. The number of furan rings is 1. The topological polar surface area (TPSA) is 53.9 Å². The average molecular weight is 324 g/mol. The van der Waals surface area contributed by atoms with Crippen molar-refractivity contribution in [3.63, 3.8) is 0 Å². The fourth-order valence-corrected chi connectivity index (χ4v) is 2.71. The zero-order chi connectivity index (χ0) is 15.6. The van der Waals surface area contributed by atoms with E-state index in [-0.39, 0.29) is 0 Å². The van der Waals surface area contributed by atoms with Crippen molar-refractivity contribution in [2.24, 2.45) is 0 Å². The van der Waals surface area contributed by atoms with E-state index < -0.39 is 0 Å². The van der Waals surface area contributed by atoms with Gasteiger partial charge < -0.3 is 14.7 Å². The van der Waals surface area contributed by atoms with Gasteiger partial charge in [-0.15, -0.1) is 0 Å². The maximum absolute atomic E-state index is 6.01. The summed E-state index contributed by atoms with van der Waals surface area (Å²) in [6.45, 7) is 0.714. The van der Waals surface area contributed by atoms with Crippen LogP contribution in [-0.4, -0.2) is 9.97 Å². The van der Waals surface area contributed by atoms with E-state index in [1.54, 1.807) is 6.26 Å². The third-order valence-electron chi connectivity index (χ3n) is 3.62. The van der Waals surface area contributed by atoms with Crippen LogP contribution in [0, 0.1) is 0 Å². The summed E-state index contributed by atoms with van der Waals surface area (Å²) in [5, 5.41) is 4.14. The highest BCUT2D eigenvalue weighted by atomic mass is 35.5. The molecule has 114 valence electrons. The normalized spacial score (nSPS) is 11.0. The molecule has 2 heterocycles. The first-order valence-corrected chi connectivity index (χ1v) is 7.68. The van der Waals surface area contributed by atoms with E-state index in [0.29, 0.717) is 6.54 Å². The summed E-state index contributed by atoms with van der Waals surface area (Å²) in [6, 6.07) is 17.6. The second-order valence-electron chi connectivity index (χ2n) is 5.28. The number of fused-ring (bicyclic) bond motifs is 1. The standard InChI is InChI=1S/C18H14ClN3O/c19-13-4-1-3-12(9-13)11-20-14-6-7-15-16(10-14)22-18(21-15)17-5-2-8-23-17/h1-10,20H,11H2,(H,21,22). The van der Waals surface area contributed by atoms with E-state index in [2.05, 4.69) is 15.3 Å². The molecule has 0 aliphatic rings. The van der Waals surface area contributed by atoms with Gasteiger partial charge in [0.15, 0.2) is 11.6 Å². The summed E-state index contributed by atoms with van der Waals surface area (Å²) >= 11 is 6.01. The fraction of sp³-hybridized carbons (Fsp3) is 0.0556. The van der Waals surface area contributed by atoms with Crippen molar-refractivity contribution in [1.82, 2.24) is 9.97 Å². The predicted octanol–water partition coefficient (Wildman–Crippen LogP) is 5.09. The Kier molecular flexibility index (Phi) is 3.52. The zero-order valence-corrected chi connectivity index (χ0v) is 13.0. The van der Waals surface area contributed by atoms with Gasteiger partial charge >= 0.3 is 0 Å². The second-order valence-corrected chi connectivity index (χ2v) is 5.71. The number of imidazole rings is 1. The first kappa shape index (κ1) is 13.9. The van der Waals surface area contributed by atoms with Crippen LogP contribution in [0.5, 0.6) is 0 Å². The fourth-order valence-electron chi connectivity index (χ4n) is 2.50. The molecule has 0 saturated heterocycles. The number of anilines is 1. The van der Waals surface area contributed by atoms with Gasteiger partial charge in [-0.3, -0.25) is 0 Å². The monoisotopic (exact) mass is 323 g/mol. The second kappa shape index (κ2) is 5.82. The van der Waals surface area contributed by atoms with E-state index >= 15 is 0 Å². The molecule has 2 N–H and O–H groups in total. The third kappa shape index (κ3) is 2.94. The van der Waals surface area contributed by atoms with Crippen molar-refractivity contribution in [2.75, 3.05) is 5.32 Å². The molecule has 0 aliphatic heterocycles. The number of benzene rings is 2. The number of halogens is 1. The number of nitrogens with one attached hydrogen (secondary N) is 2.